The minimum atomic E-state index is -5.05. The minimum Gasteiger partial charge on any atom is -0.466 e. The Labute approximate surface area is 156 Å². The van der Waals surface area contributed by atoms with E-state index in [1.807, 2.05) is 0 Å². The van der Waals surface area contributed by atoms with Crippen LogP contribution in [0.25, 0.3) is 10.2 Å². The number of rotatable bonds is 5. The molecule has 1 atom stereocenters. The average molecular weight is 396 g/mol. The predicted molar refractivity (Wildman–Crippen MR) is 96.6 cm³/mol. The van der Waals surface area contributed by atoms with Crippen LogP contribution in [0.3, 0.4) is 0 Å². The number of para-hydroxylation sites is 1. The van der Waals surface area contributed by atoms with Crippen LogP contribution in [0.4, 0.5) is 24.1 Å². The van der Waals surface area contributed by atoms with E-state index in [0.29, 0.717) is 15.8 Å². The van der Waals surface area contributed by atoms with E-state index in [-0.39, 0.29) is 10.9 Å². The first kappa shape index (κ1) is 18.9. The number of carbonyl (C=O) groups is 1. The Bertz CT molecular complexity index is 943. The van der Waals surface area contributed by atoms with Gasteiger partial charge in [-0.25, -0.2) is 14.8 Å². The number of aryl methyl sites for hydroxylation is 1. The predicted octanol–water partition coefficient (Wildman–Crippen LogP) is 3.96. The fraction of sp³-hybridized carbons (Fsp3) is 0.235. The third-order valence-corrected chi connectivity index (χ3v) is 4.69. The van der Waals surface area contributed by atoms with Crippen molar-refractivity contribution in [2.45, 2.75) is 18.8 Å². The molecule has 27 heavy (non-hydrogen) atoms. The maximum Gasteiger partial charge on any atom is 0.441 e. The first-order chi connectivity index (χ1) is 12.7. The number of hydrogen-bond acceptors (Lipinski definition) is 7. The van der Waals surface area contributed by atoms with Crippen molar-refractivity contribution in [3.63, 3.8) is 0 Å². The van der Waals surface area contributed by atoms with Gasteiger partial charge >= 0.3 is 17.8 Å². The van der Waals surface area contributed by atoms with E-state index < -0.39 is 17.8 Å². The second-order valence-corrected chi connectivity index (χ2v) is 6.73. The number of methoxy groups -OCH3 is 1. The summed E-state index contributed by atoms with van der Waals surface area (Å²) in [6.45, 7) is 1.70. The molecule has 0 aliphatic heterocycles. The molecule has 0 aliphatic carbocycles. The van der Waals surface area contributed by atoms with Crippen molar-refractivity contribution < 1.29 is 22.7 Å². The summed E-state index contributed by atoms with van der Waals surface area (Å²) >= 11 is 0.991. The summed E-state index contributed by atoms with van der Waals surface area (Å²) in [6, 6.07) is 9.87. The van der Waals surface area contributed by atoms with Gasteiger partial charge in [-0.05, 0) is 36.8 Å². The average Bonchev–Trinajstić information content (AvgIpc) is 3.01. The number of thiazole rings is 1. The molecule has 1 aromatic carbocycles. The highest BCUT2D eigenvalue weighted by atomic mass is 32.1. The van der Waals surface area contributed by atoms with E-state index in [9.17, 15) is 18.0 Å². The van der Waals surface area contributed by atoms with Gasteiger partial charge in [-0.15, -0.1) is 0 Å². The summed E-state index contributed by atoms with van der Waals surface area (Å²) in [6.07, 6.45) is -3.71. The number of ether oxygens (including phenoxy) is 1. The summed E-state index contributed by atoms with van der Waals surface area (Å²) in [5.74, 6) is -1.69. The number of fused-ring (bicyclic) bond motifs is 1. The Kier molecular flexibility index (Phi) is 4.92. The highest BCUT2D eigenvalue weighted by Gasteiger charge is 2.63. The molecule has 0 aliphatic rings. The number of nitrogens with zero attached hydrogens (tertiary/aromatic N) is 2. The molecule has 0 bridgehead atoms. The monoisotopic (exact) mass is 396 g/mol. The number of pyridine rings is 1. The number of carbonyl (C=O) groups excluding carboxylic acids is 1. The normalized spacial score (nSPS) is 13.8. The van der Waals surface area contributed by atoms with Crippen LogP contribution >= 0.6 is 11.3 Å². The number of aromatic nitrogens is 2. The molecular weight excluding hydrogens is 381 g/mol. The van der Waals surface area contributed by atoms with Gasteiger partial charge in [0, 0.05) is 6.20 Å². The number of halogens is 3. The smallest absolute Gasteiger partial charge is 0.441 e. The second-order valence-electron chi connectivity index (χ2n) is 5.69. The lowest BCUT2D eigenvalue weighted by atomic mass is 10.1. The molecular formula is C17H15F3N4O2S. The molecule has 0 radical (unpaired) electrons. The molecule has 142 valence electrons. The van der Waals surface area contributed by atoms with Gasteiger partial charge in [0.25, 0.3) is 0 Å². The van der Waals surface area contributed by atoms with Crippen molar-refractivity contribution in [3.05, 3.63) is 48.2 Å². The molecule has 2 heterocycles. The van der Waals surface area contributed by atoms with Gasteiger partial charge in [-0.1, -0.05) is 23.5 Å². The lowest BCUT2D eigenvalue weighted by Gasteiger charge is -2.34. The molecule has 3 aromatic rings. The number of anilines is 2. The quantitative estimate of drug-likeness (QED) is 0.502. The first-order valence-electron chi connectivity index (χ1n) is 7.75. The SMILES string of the molecule is COC(=O)C(Nc1cc(C)ccn1)(Nc1nc2ccccc2s1)C(F)(F)F. The van der Waals surface area contributed by atoms with Gasteiger partial charge in [0.15, 0.2) is 5.13 Å². The van der Waals surface area contributed by atoms with Crippen LogP contribution in [0.15, 0.2) is 42.6 Å². The van der Waals surface area contributed by atoms with Gasteiger partial charge in [0.2, 0.25) is 0 Å². The largest absolute Gasteiger partial charge is 0.466 e. The summed E-state index contributed by atoms with van der Waals surface area (Å²) < 4.78 is 47.3. The van der Waals surface area contributed by atoms with Crippen molar-refractivity contribution in [1.82, 2.24) is 9.97 Å². The van der Waals surface area contributed by atoms with Crippen LogP contribution in [-0.4, -0.2) is 34.9 Å². The summed E-state index contributed by atoms with van der Waals surface area (Å²) in [4.78, 5) is 20.3. The van der Waals surface area contributed by atoms with Gasteiger partial charge in [-0.3, -0.25) is 0 Å². The van der Waals surface area contributed by atoms with E-state index >= 15 is 0 Å². The number of benzene rings is 1. The Morgan fingerprint density at radius 2 is 1.93 bits per heavy atom. The van der Waals surface area contributed by atoms with Gasteiger partial charge in [-0.2, -0.15) is 13.2 Å². The number of nitrogens with one attached hydrogen (secondary N) is 2. The van der Waals surface area contributed by atoms with Gasteiger partial charge in [0.1, 0.15) is 5.82 Å². The maximum absolute atomic E-state index is 14.1. The fourth-order valence-corrected chi connectivity index (χ4v) is 3.35. The zero-order valence-corrected chi connectivity index (χ0v) is 15.1. The van der Waals surface area contributed by atoms with Crippen molar-refractivity contribution >= 4 is 38.5 Å². The highest BCUT2D eigenvalue weighted by Crippen LogP contribution is 2.37. The van der Waals surface area contributed by atoms with Crippen molar-refractivity contribution in [3.8, 4) is 0 Å². The van der Waals surface area contributed by atoms with Crippen molar-refractivity contribution in [2.75, 3.05) is 17.7 Å². The summed E-state index contributed by atoms with van der Waals surface area (Å²) in [7, 11) is 0.883. The van der Waals surface area contributed by atoms with E-state index in [2.05, 4.69) is 25.3 Å². The molecule has 3 rings (SSSR count). The molecule has 6 nitrogen and oxygen atoms in total. The Morgan fingerprint density at radius 3 is 2.56 bits per heavy atom. The molecule has 0 fully saturated rings. The lowest BCUT2D eigenvalue weighted by molar-refractivity contribution is -0.193. The number of alkyl halides is 3. The highest BCUT2D eigenvalue weighted by molar-refractivity contribution is 7.22. The van der Waals surface area contributed by atoms with Crippen molar-refractivity contribution in [1.29, 1.82) is 0 Å². The molecule has 1 unspecified atom stereocenters. The number of hydrogen-bond donors (Lipinski definition) is 2. The molecule has 0 saturated heterocycles. The summed E-state index contributed by atoms with van der Waals surface area (Å²) in [5.41, 5.74) is -2.07. The van der Waals surface area contributed by atoms with Crippen LogP contribution in [-0.2, 0) is 9.53 Å². The zero-order chi connectivity index (χ0) is 19.7. The van der Waals surface area contributed by atoms with E-state index in [4.69, 9.17) is 0 Å². The van der Waals surface area contributed by atoms with Crippen LogP contribution in [0.2, 0.25) is 0 Å². The second kappa shape index (κ2) is 7.03. The summed E-state index contributed by atoms with van der Waals surface area (Å²) in [5, 5.41) is 4.27. The molecule has 0 saturated carbocycles. The maximum atomic E-state index is 14.1. The topological polar surface area (TPSA) is 76.1 Å². The standard InChI is InChI=1S/C17H15F3N4O2S/c1-10-7-8-21-13(9-10)23-16(14(25)26-2,17(18,19)20)24-15-22-11-5-3-4-6-12(11)27-15/h3-9H,1-2H3,(H,21,23)(H,22,24). The van der Waals surface area contributed by atoms with E-state index in [1.54, 1.807) is 37.3 Å². The Morgan fingerprint density at radius 1 is 1.19 bits per heavy atom. The molecule has 2 N–H and O–H groups in total. The first-order valence-corrected chi connectivity index (χ1v) is 8.56. The molecule has 0 amide bonds. The van der Waals surface area contributed by atoms with E-state index in [0.717, 1.165) is 18.4 Å². The number of esters is 1. The third kappa shape index (κ3) is 3.65. The zero-order valence-electron chi connectivity index (χ0n) is 14.3. The Balaban J connectivity index is 2.08. The Hall–Kier alpha value is -2.88. The fourth-order valence-electron chi connectivity index (χ4n) is 2.43. The molecule has 2 aromatic heterocycles. The van der Waals surface area contributed by atoms with Gasteiger partial charge in [0.05, 0.1) is 17.3 Å². The molecule has 0 spiro atoms. The minimum absolute atomic E-state index is 0.0842. The third-order valence-electron chi connectivity index (χ3n) is 3.74. The van der Waals surface area contributed by atoms with Crippen LogP contribution in [0.5, 0.6) is 0 Å². The van der Waals surface area contributed by atoms with E-state index in [1.165, 1.54) is 12.3 Å². The van der Waals surface area contributed by atoms with Crippen molar-refractivity contribution in [2.24, 2.45) is 0 Å². The van der Waals surface area contributed by atoms with Crippen LogP contribution in [0, 0.1) is 6.92 Å². The van der Waals surface area contributed by atoms with Crippen LogP contribution in [0.1, 0.15) is 5.56 Å². The lowest BCUT2D eigenvalue weighted by Crippen LogP contribution is -2.64. The van der Waals surface area contributed by atoms with Gasteiger partial charge < -0.3 is 15.4 Å². The molecule has 10 heteroatoms. The van der Waals surface area contributed by atoms with Crippen LogP contribution < -0.4 is 10.6 Å².